The zero-order valence-electron chi connectivity index (χ0n) is 21.2. The molecule has 0 aromatic heterocycles. The molecule has 9 nitrogen and oxygen atoms in total. The van der Waals surface area contributed by atoms with Crippen LogP contribution in [0.25, 0.3) is 6.08 Å². The van der Waals surface area contributed by atoms with Gasteiger partial charge in [0.15, 0.2) is 18.1 Å². The van der Waals surface area contributed by atoms with Crippen LogP contribution in [0.3, 0.4) is 0 Å². The molecule has 0 bridgehead atoms. The molecule has 0 aliphatic carbocycles. The van der Waals surface area contributed by atoms with Gasteiger partial charge in [0.1, 0.15) is 11.6 Å². The Morgan fingerprint density at radius 2 is 1.68 bits per heavy atom. The van der Waals surface area contributed by atoms with Gasteiger partial charge in [-0.15, -0.1) is 0 Å². The first kappa shape index (κ1) is 30.7. The van der Waals surface area contributed by atoms with Crippen molar-refractivity contribution in [1.82, 2.24) is 0 Å². The highest BCUT2D eigenvalue weighted by molar-refractivity contribution is 14.1. The predicted octanol–water partition coefficient (Wildman–Crippen LogP) is 6.35. The largest absolute Gasteiger partial charge is 0.490 e. The molecule has 0 atom stereocenters. The van der Waals surface area contributed by atoms with Crippen molar-refractivity contribution < 1.29 is 28.6 Å². The topological polar surface area (TPSA) is 127 Å². The molecule has 0 fully saturated rings. The number of halogens is 3. The van der Waals surface area contributed by atoms with E-state index in [1.54, 1.807) is 31.2 Å². The Hall–Kier alpha value is -3.79. The molecule has 40 heavy (non-hydrogen) atoms. The van der Waals surface area contributed by atoms with E-state index >= 15 is 0 Å². The molecule has 0 aliphatic rings. The Labute approximate surface area is 254 Å². The van der Waals surface area contributed by atoms with Crippen LogP contribution in [0, 0.1) is 14.9 Å². The number of amides is 2. The van der Waals surface area contributed by atoms with Crippen LogP contribution < -0.4 is 20.1 Å². The monoisotopic (exact) mass is 693 g/mol. The molecular formula is C28H22Cl2IN3O6. The summed E-state index contributed by atoms with van der Waals surface area (Å²) in [7, 11) is 1.27. The summed E-state index contributed by atoms with van der Waals surface area (Å²) < 4.78 is 16.7. The molecule has 0 saturated heterocycles. The third kappa shape index (κ3) is 8.35. The number of carbonyl (C=O) groups is 3. The quantitative estimate of drug-likeness (QED) is 0.110. The fourth-order valence-corrected chi connectivity index (χ4v) is 4.38. The molecular weight excluding hydrogens is 672 g/mol. The van der Waals surface area contributed by atoms with Crippen LogP contribution in [0.4, 0.5) is 11.4 Å². The first-order valence-corrected chi connectivity index (χ1v) is 13.4. The van der Waals surface area contributed by atoms with Gasteiger partial charge in [0, 0.05) is 11.4 Å². The molecule has 0 unspecified atom stereocenters. The number of esters is 1. The number of rotatable bonds is 10. The Bertz CT molecular complexity index is 1500. The highest BCUT2D eigenvalue weighted by Gasteiger charge is 2.16. The lowest BCUT2D eigenvalue weighted by atomic mass is 10.1. The van der Waals surface area contributed by atoms with Gasteiger partial charge in [0.2, 0.25) is 0 Å². The van der Waals surface area contributed by atoms with Crippen LogP contribution in [-0.4, -0.2) is 38.1 Å². The zero-order chi connectivity index (χ0) is 29.2. The number of methoxy groups -OCH3 is 1. The van der Waals surface area contributed by atoms with Gasteiger partial charge >= 0.3 is 5.97 Å². The third-order valence-electron chi connectivity index (χ3n) is 5.12. The number of nitrogens with zero attached hydrogens (tertiary/aromatic N) is 1. The minimum absolute atomic E-state index is 0.162. The minimum atomic E-state index is -0.638. The Balaban J connectivity index is 1.75. The molecule has 2 N–H and O–H groups in total. The van der Waals surface area contributed by atoms with Gasteiger partial charge in [-0.3, -0.25) is 9.59 Å². The summed E-state index contributed by atoms with van der Waals surface area (Å²) in [6.07, 6.45) is 1.41. The molecule has 206 valence electrons. The minimum Gasteiger partial charge on any atom is -0.490 e. The maximum Gasteiger partial charge on any atom is 0.337 e. The second-order valence-corrected chi connectivity index (χ2v) is 9.90. The van der Waals surface area contributed by atoms with Crippen LogP contribution in [0.1, 0.15) is 22.8 Å². The molecule has 3 aromatic carbocycles. The molecule has 3 aromatic rings. The summed E-state index contributed by atoms with van der Waals surface area (Å²) in [6, 6.07) is 15.9. The number of hydrogen-bond acceptors (Lipinski definition) is 7. The lowest BCUT2D eigenvalue weighted by Gasteiger charge is -2.15. The zero-order valence-corrected chi connectivity index (χ0v) is 24.9. The predicted molar refractivity (Wildman–Crippen MR) is 161 cm³/mol. The molecule has 12 heteroatoms. The summed E-state index contributed by atoms with van der Waals surface area (Å²) in [6.45, 7) is 1.78. The molecule has 2 amide bonds. The van der Waals surface area contributed by atoms with Crippen LogP contribution in [0.2, 0.25) is 10.0 Å². The lowest BCUT2D eigenvalue weighted by molar-refractivity contribution is -0.118. The van der Waals surface area contributed by atoms with E-state index in [1.165, 1.54) is 43.5 Å². The van der Waals surface area contributed by atoms with Crippen molar-refractivity contribution >= 4 is 81.0 Å². The average molecular weight is 694 g/mol. The number of ether oxygens (including phenoxy) is 3. The fourth-order valence-electron chi connectivity index (χ4n) is 3.30. The maximum atomic E-state index is 12.7. The number of nitriles is 1. The third-order valence-corrected chi connectivity index (χ3v) is 6.66. The van der Waals surface area contributed by atoms with Gasteiger partial charge in [-0.2, -0.15) is 5.26 Å². The van der Waals surface area contributed by atoms with E-state index in [2.05, 4.69) is 15.4 Å². The van der Waals surface area contributed by atoms with E-state index in [4.69, 9.17) is 32.7 Å². The lowest BCUT2D eigenvalue weighted by Crippen LogP contribution is -2.20. The number of nitrogens with one attached hydrogen (secondary N) is 2. The Morgan fingerprint density at radius 3 is 2.30 bits per heavy atom. The maximum absolute atomic E-state index is 12.7. The second-order valence-electron chi connectivity index (χ2n) is 7.92. The molecule has 0 heterocycles. The summed E-state index contributed by atoms with van der Waals surface area (Å²) >= 11 is 13.9. The summed E-state index contributed by atoms with van der Waals surface area (Å²) in [5.41, 5.74) is 1.53. The van der Waals surface area contributed by atoms with Crippen molar-refractivity contribution in [2.45, 2.75) is 6.92 Å². The molecule has 0 radical (unpaired) electrons. The van der Waals surface area contributed by atoms with Gasteiger partial charge < -0.3 is 24.8 Å². The van der Waals surface area contributed by atoms with E-state index in [0.717, 1.165) is 0 Å². The summed E-state index contributed by atoms with van der Waals surface area (Å²) in [5.74, 6) is -0.907. The van der Waals surface area contributed by atoms with Crippen molar-refractivity contribution in [3.8, 4) is 17.6 Å². The molecule has 0 aliphatic heterocycles. The Morgan fingerprint density at radius 1 is 0.975 bits per heavy atom. The first-order valence-electron chi connectivity index (χ1n) is 11.6. The van der Waals surface area contributed by atoms with Gasteiger partial charge in [-0.1, -0.05) is 23.2 Å². The van der Waals surface area contributed by atoms with Crippen LogP contribution in [0.15, 0.2) is 60.2 Å². The second kappa shape index (κ2) is 14.6. The van der Waals surface area contributed by atoms with Crippen LogP contribution in [0.5, 0.6) is 11.5 Å². The van der Waals surface area contributed by atoms with Crippen molar-refractivity contribution in [2.24, 2.45) is 0 Å². The number of carbonyl (C=O) groups excluding carboxylic acids is 3. The average Bonchev–Trinajstić information content (AvgIpc) is 2.93. The summed E-state index contributed by atoms with van der Waals surface area (Å²) in [4.78, 5) is 36.8. The van der Waals surface area contributed by atoms with Crippen molar-refractivity contribution in [2.75, 3.05) is 31.0 Å². The van der Waals surface area contributed by atoms with E-state index in [9.17, 15) is 19.6 Å². The molecule has 0 spiro atoms. The van der Waals surface area contributed by atoms with E-state index < -0.39 is 17.8 Å². The van der Waals surface area contributed by atoms with Gasteiger partial charge in [0.25, 0.3) is 11.8 Å². The number of benzene rings is 3. The van der Waals surface area contributed by atoms with Crippen molar-refractivity contribution in [3.63, 3.8) is 0 Å². The fraction of sp³-hybridized carbons (Fsp3) is 0.143. The summed E-state index contributed by atoms with van der Waals surface area (Å²) in [5, 5.41) is 15.6. The highest BCUT2D eigenvalue weighted by atomic mass is 127. The van der Waals surface area contributed by atoms with Crippen LogP contribution >= 0.6 is 45.8 Å². The van der Waals surface area contributed by atoms with E-state index in [1.807, 2.05) is 28.7 Å². The molecule has 0 saturated carbocycles. The molecule has 3 rings (SSSR count). The van der Waals surface area contributed by atoms with Gasteiger partial charge in [-0.25, -0.2) is 4.79 Å². The van der Waals surface area contributed by atoms with Crippen molar-refractivity contribution in [3.05, 3.63) is 84.9 Å². The van der Waals surface area contributed by atoms with E-state index in [-0.39, 0.29) is 12.2 Å². The highest BCUT2D eigenvalue weighted by Crippen LogP contribution is 2.35. The normalized spacial score (nSPS) is 10.8. The number of hydrogen-bond donors (Lipinski definition) is 2. The van der Waals surface area contributed by atoms with Gasteiger partial charge in [0.05, 0.1) is 32.9 Å². The van der Waals surface area contributed by atoms with Gasteiger partial charge in [-0.05, 0) is 95.8 Å². The SMILES string of the molecule is CCOc1cc(/C=C(/C#N)C(=O)Nc2ccc(C(=O)OC)cc2)cc(I)c1OCC(=O)Nc1ccc(Cl)c(Cl)c1. The van der Waals surface area contributed by atoms with E-state index in [0.29, 0.717) is 54.2 Å². The number of anilines is 2. The first-order chi connectivity index (χ1) is 19.1. The van der Waals surface area contributed by atoms with Crippen molar-refractivity contribution in [1.29, 1.82) is 5.26 Å². The van der Waals surface area contributed by atoms with Crippen LogP contribution in [-0.2, 0) is 14.3 Å². The smallest absolute Gasteiger partial charge is 0.337 e. The standard InChI is InChI=1S/C28H22Cl2IN3O6/c1-3-39-24-12-16(10-18(14-32)27(36)34-19-6-4-17(5-7-19)28(37)38-2)11-23(31)26(24)40-15-25(35)33-20-8-9-21(29)22(30)13-20/h4-13H,3,15H2,1-2H3,(H,33,35)(H,34,36)/b18-10-. The Kier molecular flexibility index (Phi) is 11.2.